The topological polar surface area (TPSA) is 80.3 Å². The first-order valence-electron chi connectivity index (χ1n) is 10.5. The van der Waals surface area contributed by atoms with Crippen molar-refractivity contribution in [3.8, 4) is 17.0 Å². The van der Waals surface area contributed by atoms with Crippen LogP contribution in [0, 0.1) is 6.92 Å². The van der Waals surface area contributed by atoms with Crippen LogP contribution in [0.5, 0.6) is 5.75 Å². The zero-order valence-electron chi connectivity index (χ0n) is 18.7. The first-order valence-corrected chi connectivity index (χ1v) is 12.4. The number of aryl methyl sites for hydroxylation is 1. The minimum atomic E-state index is -0.168. The molecule has 4 aromatic rings. The van der Waals surface area contributed by atoms with Crippen molar-refractivity contribution >= 4 is 45.7 Å². The van der Waals surface area contributed by atoms with Gasteiger partial charge in [0.05, 0.1) is 18.6 Å². The van der Waals surface area contributed by atoms with E-state index in [1.807, 2.05) is 79.0 Å². The summed E-state index contributed by atoms with van der Waals surface area (Å²) in [5.74, 6) is 0.632. The minimum absolute atomic E-state index is 0.153. The molecule has 2 amide bonds. The van der Waals surface area contributed by atoms with Crippen LogP contribution in [-0.4, -0.2) is 29.7 Å². The van der Waals surface area contributed by atoms with E-state index in [0.717, 1.165) is 27.5 Å². The Morgan fingerprint density at radius 2 is 1.82 bits per heavy atom. The molecule has 0 aliphatic rings. The van der Waals surface area contributed by atoms with Crippen LogP contribution in [0.25, 0.3) is 11.3 Å². The number of hydrogen-bond donors (Lipinski definition) is 2. The van der Waals surface area contributed by atoms with Crippen LogP contribution in [0.4, 0.5) is 10.8 Å². The van der Waals surface area contributed by atoms with Gasteiger partial charge >= 0.3 is 0 Å². The normalized spacial score (nSPS) is 10.5. The summed E-state index contributed by atoms with van der Waals surface area (Å²) < 4.78 is 5.39. The fraction of sp³-hybridized carbons (Fsp3) is 0.115. The van der Waals surface area contributed by atoms with E-state index in [0.29, 0.717) is 16.4 Å². The molecule has 2 N–H and O–H groups in total. The Hall–Kier alpha value is -3.62. The van der Waals surface area contributed by atoms with Gasteiger partial charge in [-0.05, 0) is 49.4 Å². The van der Waals surface area contributed by atoms with Gasteiger partial charge in [-0.3, -0.25) is 9.59 Å². The third-order valence-corrected chi connectivity index (χ3v) is 6.63. The van der Waals surface area contributed by atoms with Crippen molar-refractivity contribution in [1.29, 1.82) is 0 Å². The van der Waals surface area contributed by atoms with Crippen molar-refractivity contribution in [2.45, 2.75) is 11.8 Å². The molecule has 6 nitrogen and oxygen atoms in total. The second kappa shape index (κ2) is 11.0. The van der Waals surface area contributed by atoms with Gasteiger partial charge in [0.25, 0.3) is 5.91 Å². The number of para-hydroxylation sites is 1. The van der Waals surface area contributed by atoms with E-state index in [2.05, 4.69) is 15.6 Å². The van der Waals surface area contributed by atoms with Crippen LogP contribution >= 0.6 is 23.1 Å². The Morgan fingerprint density at radius 1 is 1.00 bits per heavy atom. The summed E-state index contributed by atoms with van der Waals surface area (Å²) in [5, 5.41) is 8.18. The van der Waals surface area contributed by atoms with Gasteiger partial charge in [-0.1, -0.05) is 35.9 Å². The molecule has 3 aromatic carbocycles. The largest absolute Gasteiger partial charge is 0.496 e. The van der Waals surface area contributed by atoms with E-state index < -0.39 is 0 Å². The van der Waals surface area contributed by atoms with Gasteiger partial charge in [-0.25, -0.2) is 4.98 Å². The van der Waals surface area contributed by atoms with Crippen molar-refractivity contribution in [3.63, 3.8) is 0 Å². The second-order valence-corrected chi connectivity index (χ2v) is 9.33. The average Bonchev–Trinajstić information content (AvgIpc) is 3.31. The Morgan fingerprint density at radius 3 is 2.65 bits per heavy atom. The quantitative estimate of drug-likeness (QED) is 0.292. The van der Waals surface area contributed by atoms with E-state index >= 15 is 0 Å². The fourth-order valence-electron chi connectivity index (χ4n) is 3.27. The third-order valence-electron chi connectivity index (χ3n) is 4.88. The molecule has 34 heavy (non-hydrogen) atoms. The number of carbonyl (C=O) groups is 2. The predicted octanol–water partition coefficient (Wildman–Crippen LogP) is 6.11. The van der Waals surface area contributed by atoms with Crippen molar-refractivity contribution < 1.29 is 14.3 Å². The van der Waals surface area contributed by atoms with Gasteiger partial charge in [0.15, 0.2) is 5.13 Å². The van der Waals surface area contributed by atoms with Gasteiger partial charge in [0.2, 0.25) is 5.91 Å². The van der Waals surface area contributed by atoms with Crippen molar-refractivity contribution in [3.05, 3.63) is 89.3 Å². The van der Waals surface area contributed by atoms with Crippen molar-refractivity contribution in [2.24, 2.45) is 0 Å². The first kappa shape index (κ1) is 23.5. The van der Waals surface area contributed by atoms with E-state index in [4.69, 9.17) is 4.74 Å². The fourth-order valence-corrected chi connectivity index (χ4v) is 4.75. The van der Waals surface area contributed by atoms with Crippen molar-refractivity contribution in [1.82, 2.24) is 4.98 Å². The van der Waals surface area contributed by atoms with Gasteiger partial charge in [0, 0.05) is 27.1 Å². The van der Waals surface area contributed by atoms with E-state index in [9.17, 15) is 9.59 Å². The van der Waals surface area contributed by atoms with Crippen LogP contribution in [-0.2, 0) is 4.79 Å². The number of benzene rings is 3. The number of thioether (sulfide) groups is 1. The van der Waals surface area contributed by atoms with Gasteiger partial charge < -0.3 is 15.4 Å². The lowest BCUT2D eigenvalue weighted by Gasteiger charge is -2.08. The molecule has 0 saturated carbocycles. The number of anilines is 2. The summed E-state index contributed by atoms with van der Waals surface area (Å²) in [6.07, 6.45) is 0. The number of carbonyl (C=O) groups excluding carboxylic acids is 2. The maximum atomic E-state index is 12.5. The molecule has 0 aliphatic carbocycles. The standard InChI is InChI=1S/C26H23N3O3S2/c1-17-7-5-8-18(13-17)25(31)27-19-9-6-10-20(14-19)33-16-24(30)29-26-28-22(15-34-26)21-11-3-4-12-23(21)32-2/h3-15H,16H2,1-2H3,(H,27,31)(H,28,29,30). The average molecular weight is 490 g/mol. The molecule has 0 bridgehead atoms. The van der Waals surface area contributed by atoms with Crippen LogP contribution in [0.2, 0.25) is 0 Å². The first-order chi connectivity index (χ1) is 16.5. The summed E-state index contributed by atoms with van der Waals surface area (Å²) >= 11 is 2.76. The highest BCUT2D eigenvalue weighted by Gasteiger charge is 2.12. The third kappa shape index (κ3) is 6.03. The zero-order valence-corrected chi connectivity index (χ0v) is 20.3. The van der Waals surface area contributed by atoms with E-state index in [-0.39, 0.29) is 17.6 Å². The Balaban J connectivity index is 1.33. The molecule has 0 radical (unpaired) electrons. The zero-order chi connectivity index (χ0) is 23.9. The predicted molar refractivity (Wildman–Crippen MR) is 139 cm³/mol. The molecule has 0 fully saturated rings. The molecule has 0 aliphatic heterocycles. The maximum Gasteiger partial charge on any atom is 0.255 e. The van der Waals surface area contributed by atoms with Crippen molar-refractivity contribution in [2.75, 3.05) is 23.5 Å². The molecule has 0 saturated heterocycles. The number of ether oxygens (including phenoxy) is 1. The number of rotatable bonds is 8. The highest BCUT2D eigenvalue weighted by Crippen LogP contribution is 2.32. The molecule has 0 unspecified atom stereocenters. The van der Waals surface area contributed by atoms with E-state index in [1.165, 1.54) is 23.1 Å². The van der Waals surface area contributed by atoms with Crippen LogP contribution < -0.4 is 15.4 Å². The SMILES string of the molecule is COc1ccccc1-c1csc(NC(=O)CSc2cccc(NC(=O)c3cccc(C)c3)c2)n1. The molecule has 4 rings (SSSR count). The number of hydrogen-bond acceptors (Lipinski definition) is 6. The lowest BCUT2D eigenvalue weighted by atomic mass is 10.1. The Kier molecular flexibility index (Phi) is 7.61. The second-order valence-electron chi connectivity index (χ2n) is 7.43. The smallest absolute Gasteiger partial charge is 0.255 e. The highest BCUT2D eigenvalue weighted by atomic mass is 32.2. The van der Waals surface area contributed by atoms with Gasteiger partial charge in [0.1, 0.15) is 5.75 Å². The summed E-state index contributed by atoms with van der Waals surface area (Å²) in [7, 11) is 1.62. The van der Waals surface area contributed by atoms with Crippen LogP contribution in [0.1, 0.15) is 15.9 Å². The van der Waals surface area contributed by atoms with Crippen LogP contribution in [0.15, 0.2) is 83.1 Å². The Bertz CT molecular complexity index is 1320. The molecule has 1 aromatic heterocycles. The lowest BCUT2D eigenvalue weighted by molar-refractivity contribution is -0.113. The molecule has 172 valence electrons. The maximum absolute atomic E-state index is 12.5. The van der Waals surface area contributed by atoms with E-state index in [1.54, 1.807) is 13.2 Å². The number of aromatic nitrogens is 1. The molecular weight excluding hydrogens is 466 g/mol. The monoisotopic (exact) mass is 489 g/mol. The van der Waals surface area contributed by atoms with Crippen LogP contribution in [0.3, 0.4) is 0 Å². The molecule has 8 heteroatoms. The molecule has 0 spiro atoms. The summed E-state index contributed by atoms with van der Waals surface area (Å²) in [6.45, 7) is 1.95. The number of thiazole rings is 1. The molecule has 1 heterocycles. The highest BCUT2D eigenvalue weighted by molar-refractivity contribution is 8.00. The molecule has 0 atom stereocenters. The summed E-state index contributed by atoms with van der Waals surface area (Å²) in [6, 6.07) is 22.5. The minimum Gasteiger partial charge on any atom is -0.496 e. The van der Waals surface area contributed by atoms with Gasteiger partial charge in [-0.2, -0.15) is 0 Å². The lowest BCUT2D eigenvalue weighted by Crippen LogP contribution is -2.14. The Labute approximate surface area is 206 Å². The number of nitrogens with zero attached hydrogens (tertiary/aromatic N) is 1. The molecular formula is C26H23N3O3S2. The number of methoxy groups -OCH3 is 1. The summed E-state index contributed by atoms with van der Waals surface area (Å²) in [4.78, 5) is 30.4. The number of amides is 2. The number of nitrogens with one attached hydrogen (secondary N) is 2. The van der Waals surface area contributed by atoms with Gasteiger partial charge in [-0.15, -0.1) is 23.1 Å². The summed E-state index contributed by atoms with van der Waals surface area (Å²) in [5.41, 5.74) is 3.94.